The third-order valence-electron chi connectivity index (χ3n) is 7.64. The third-order valence-corrected chi connectivity index (χ3v) is 7.64. The minimum atomic E-state index is -1.04. The third kappa shape index (κ3) is 4.90. The molecule has 5 rings (SSSR count). The molecule has 0 amide bonds. The lowest BCUT2D eigenvalue weighted by atomic mass is 9.74. The molecule has 2 aliphatic rings. The summed E-state index contributed by atoms with van der Waals surface area (Å²) in [4.78, 5) is 24.8. The van der Waals surface area contributed by atoms with Crippen LogP contribution in [-0.2, 0) is 16.1 Å². The normalized spacial score (nSPS) is 21.7. The molecule has 2 fully saturated rings. The lowest BCUT2D eigenvalue weighted by molar-refractivity contribution is -0.159. The molecule has 3 aromatic rings. The van der Waals surface area contributed by atoms with Crippen molar-refractivity contribution in [3.05, 3.63) is 71.3 Å². The number of benzene rings is 3. The smallest absolute Gasteiger partial charge is 0.339 e. The van der Waals surface area contributed by atoms with Crippen molar-refractivity contribution in [2.45, 2.75) is 64.1 Å². The van der Waals surface area contributed by atoms with E-state index in [1.807, 2.05) is 43.3 Å². The second-order valence-electron chi connectivity index (χ2n) is 10.3. The zero-order valence-electron chi connectivity index (χ0n) is 20.8. The van der Waals surface area contributed by atoms with Gasteiger partial charge in [0.25, 0.3) is 0 Å². The molecule has 1 N–H and O–H groups in total. The first-order chi connectivity index (χ1) is 17.4. The average Bonchev–Trinajstić information content (AvgIpc) is 3.74. The molecular formula is C30H32O6. The Balaban J connectivity index is 1.23. The summed E-state index contributed by atoms with van der Waals surface area (Å²) < 4.78 is 17.5. The molecule has 0 aromatic heterocycles. The van der Waals surface area contributed by atoms with Gasteiger partial charge in [-0.1, -0.05) is 42.5 Å². The molecular weight excluding hydrogens is 456 g/mol. The van der Waals surface area contributed by atoms with Crippen LogP contribution in [0.5, 0.6) is 11.5 Å². The van der Waals surface area contributed by atoms with Crippen LogP contribution in [0.25, 0.3) is 10.8 Å². The van der Waals surface area contributed by atoms with Gasteiger partial charge in [-0.25, -0.2) is 4.79 Å². The largest absolute Gasteiger partial charge is 0.496 e. The van der Waals surface area contributed by atoms with E-state index in [1.165, 1.54) is 7.11 Å². The van der Waals surface area contributed by atoms with Crippen molar-refractivity contribution in [3.63, 3.8) is 0 Å². The van der Waals surface area contributed by atoms with Crippen LogP contribution in [0.1, 0.15) is 72.9 Å². The first-order valence-electron chi connectivity index (χ1n) is 12.6. The van der Waals surface area contributed by atoms with Crippen molar-refractivity contribution in [2.24, 2.45) is 5.41 Å². The molecule has 2 aliphatic carbocycles. The van der Waals surface area contributed by atoms with Crippen molar-refractivity contribution >= 4 is 22.7 Å². The Bertz CT molecular complexity index is 1280. The number of esters is 1. The number of rotatable bonds is 8. The first kappa shape index (κ1) is 24.2. The molecule has 6 nitrogen and oxygen atoms in total. The predicted octanol–water partition coefficient (Wildman–Crippen LogP) is 6.50. The maximum Gasteiger partial charge on any atom is 0.339 e. The van der Waals surface area contributed by atoms with Gasteiger partial charge in [0.15, 0.2) is 0 Å². The molecule has 36 heavy (non-hydrogen) atoms. The Labute approximate surface area is 211 Å². The van der Waals surface area contributed by atoms with Crippen LogP contribution in [0.3, 0.4) is 0 Å². The standard InChI is InChI=1S/C30H32O6/c1-30(29(33)35-18-21-8-5-7-19-6-3-4-9-23(19)21)14-12-22(13-15-30)36-27-17-25(28(31)32)26(34-2)16-24(27)20-10-11-20/h3-9,16-17,20,22H,10-15,18H2,1-2H3,(H,31,32). The van der Waals surface area contributed by atoms with E-state index in [0.29, 0.717) is 43.1 Å². The number of fused-ring (bicyclic) bond motifs is 1. The lowest BCUT2D eigenvalue weighted by Gasteiger charge is -2.35. The predicted molar refractivity (Wildman–Crippen MR) is 137 cm³/mol. The number of hydrogen-bond donors (Lipinski definition) is 1. The van der Waals surface area contributed by atoms with Gasteiger partial charge in [-0.2, -0.15) is 0 Å². The van der Waals surface area contributed by atoms with Gasteiger partial charge in [0, 0.05) is 5.56 Å². The number of methoxy groups -OCH3 is 1. The summed E-state index contributed by atoms with van der Waals surface area (Å²) in [6.45, 7) is 2.23. The topological polar surface area (TPSA) is 82.1 Å². The van der Waals surface area contributed by atoms with E-state index in [-0.39, 0.29) is 24.2 Å². The van der Waals surface area contributed by atoms with Gasteiger partial charge in [0.1, 0.15) is 23.7 Å². The fraction of sp³-hybridized carbons (Fsp3) is 0.400. The Morgan fingerprint density at radius 1 is 0.972 bits per heavy atom. The Morgan fingerprint density at radius 3 is 2.39 bits per heavy atom. The van der Waals surface area contributed by atoms with Crippen LogP contribution in [-0.4, -0.2) is 30.3 Å². The molecule has 3 aromatic carbocycles. The molecule has 0 heterocycles. The maximum absolute atomic E-state index is 13.1. The second kappa shape index (κ2) is 9.84. The highest BCUT2D eigenvalue weighted by Gasteiger charge is 2.40. The molecule has 6 heteroatoms. The number of carbonyl (C=O) groups is 2. The minimum Gasteiger partial charge on any atom is -0.496 e. The average molecular weight is 489 g/mol. The van der Waals surface area contributed by atoms with E-state index in [2.05, 4.69) is 12.1 Å². The van der Waals surface area contributed by atoms with Crippen molar-refractivity contribution in [1.82, 2.24) is 0 Å². The lowest BCUT2D eigenvalue weighted by Crippen LogP contribution is -2.37. The van der Waals surface area contributed by atoms with E-state index in [1.54, 1.807) is 6.07 Å². The van der Waals surface area contributed by atoms with E-state index >= 15 is 0 Å². The van der Waals surface area contributed by atoms with Crippen molar-refractivity contribution in [1.29, 1.82) is 0 Å². The summed E-state index contributed by atoms with van der Waals surface area (Å²) in [6.07, 6.45) is 4.79. The van der Waals surface area contributed by atoms with Crippen LogP contribution in [0.4, 0.5) is 0 Å². The summed E-state index contributed by atoms with van der Waals surface area (Å²) >= 11 is 0. The Kier molecular flexibility index (Phi) is 6.61. The fourth-order valence-corrected chi connectivity index (χ4v) is 5.19. The molecule has 0 saturated heterocycles. The van der Waals surface area contributed by atoms with Gasteiger partial charge in [-0.3, -0.25) is 4.79 Å². The number of carboxylic acids is 1. The number of carbonyl (C=O) groups excluding carboxylic acids is 1. The summed E-state index contributed by atoms with van der Waals surface area (Å²) in [7, 11) is 1.49. The Morgan fingerprint density at radius 2 is 1.69 bits per heavy atom. The summed E-state index contributed by atoms with van der Waals surface area (Å²) in [5.41, 5.74) is 1.56. The second-order valence-corrected chi connectivity index (χ2v) is 10.3. The van der Waals surface area contributed by atoms with Crippen LogP contribution >= 0.6 is 0 Å². The maximum atomic E-state index is 13.1. The summed E-state index contributed by atoms with van der Waals surface area (Å²) in [5, 5.41) is 11.8. The quantitative estimate of drug-likeness (QED) is 0.365. The van der Waals surface area contributed by atoms with Gasteiger partial charge in [-0.05, 0) is 79.8 Å². The number of aromatic carboxylic acids is 1. The molecule has 188 valence electrons. The zero-order valence-corrected chi connectivity index (χ0v) is 20.8. The monoisotopic (exact) mass is 488 g/mol. The van der Waals surface area contributed by atoms with E-state index in [4.69, 9.17) is 14.2 Å². The van der Waals surface area contributed by atoms with Crippen molar-refractivity contribution in [3.8, 4) is 11.5 Å². The Hall–Kier alpha value is -3.54. The molecule has 0 unspecified atom stereocenters. The summed E-state index contributed by atoms with van der Waals surface area (Å²) in [6, 6.07) is 17.6. The highest BCUT2D eigenvalue weighted by Crippen LogP contribution is 2.47. The van der Waals surface area contributed by atoms with Gasteiger partial charge >= 0.3 is 11.9 Å². The van der Waals surface area contributed by atoms with E-state index in [9.17, 15) is 14.7 Å². The minimum absolute atomic E-state index is 0.0727. The van der Waals surface area contributed by atoms with Gasteiger partial charge in [-0.15, -0.1) is 0 Å². The van der Waals surface area contributed by atoms with Crippen LogP contribution in [0.2, 0.25) is 0 Å². The van der Waals surface area contributed by atoms with Gasteiger partial charge < -0.3 is 19.3 Å². The highest BCUT2D eigenvalue weighted by atomic mass is 16.5. The van der Waals surface area contributed by atoms with Crippen molar-refractivity contribution in [2.75, 3.05) is 7.11 Å². The van der Waals surface area contributed by atoms with Crippen LogP contribution in [0, 0.1) is 5.41 Å². The number of carboxylic acid groups (broad SMARTS) is 1. The zero-order chi connectivity index (χ0) is 25.3. The first-order valence-corrected chi connectivity index (χ1v) is 12.6. The fourth-order valence-electron chi connectivity index (χ4n) is 5.19. The van der Waals surface area contributed by atoms with Crippen LogP contribution < -0.4 is 9.47 Å². The van der Waals surface area contributed by atoms with E-state index < -0.39 is 11.4 Å². The highest BCUT2D eigenvalue weighted by molar-refractivity contribution is 5.92. The van der Waals surface area contributed by atoms with Crippen molar-refractivity contribution < 1.29 is 28.9 Å². The molecule has 0 atom stereocenters. The number of ether oxygens (including phenoxy) is 3. The van der Waals surface area contributed by atoms with Gasteiger partial charge in [0.2, 0.25) is 0 Å². The van der Waals surface area contributed by atoms with Gasteiger partial charge in [0.05, 0.1) is 18.6 Å². The molecule has 2 saturated carbocycles. The van der Waals surface area contributed by atoms with E-state index in [0.717, 1.165) is 34.7 Å². The molecule has 0 spiro atoms. The number of hydrogen-bond acceptors (Lipinski definition) is 5. The molecule has 0 aliphatic heterocycles. The molecule has 0 radical (unpaired) electrons. The SMILES string of the molecule is COc1cc(C2CC2)c(OC2CCC(C)(C(=O)OCc3cccc4ccccc34)CC2)cc1C(=O)O. The molecule has 0 bridgehead atoms. The van der Waals surface area contributed by atoms with Crippen LogP contribution in [0.15, 0.2) is 54.6 Å². The summed E-state index contributed by atoms with van der Waals surface area (Å²) in [5.74, 6) is 0.161.